The van der Waals surface area contributed by atoms with Gasteiger partial charge in [0, 0.05) is 5.56 Å². The molecule has 1 aliphatic rings. The van der Waals surface area contributed by atoms with Crippen molar-refractivity contribution in [2.75, 3.05) is 0 Å². The van der Waals surface area contributed by atoms with Gasteiger partial charge in [-0.05, 0) is 30.9 Å². The van der Waals surface area contributed by atoms with Crippen LogP contribution in [0.5, 0.6) is 5.75 Å². The first-order valence-electron chi connectivity index (χ1n) is 6.76. The SMILES string of the molecule is CCc1cc(F)c(O)c(C2(C(=O)O)CCCCC2)c1. The summed E-state index contributed by atoms with van der Waals surface area (Å²) in [7, 11) is 0. The van der Waals surface area contributed by atoms with Gasteiger partial charge in [-0.15, -0.1) is 0 Å². The zero-order valence-electron chi connectivity index (χ0n) is 11.1. The lowest BCUT2D eigenvalue weighted by atomic mass is 9.69. The van der Waals surface area contributed by atoms with E-state index in [-0.39, 0.29) is 5.56 Å². The van der Waals surface area contributed by atoms with Crippen molar-refractivity contribution in [3.8, 4) is 5.75 Å². The minimum absolute atomic E-state index is 0.247. The Balaban J connectivity index is 2.59. The van der Waals surface area contributed by atoms with Gasteiger partial charge in [-0.25, -0.2) is 4.39 Å². The van der Waals surface area contributed by atoms with Crippen LogP contribution in [0.4, 0.5) is 4.39 Å². The van der Waals surface area contributed by atoms with Crippen LogP contribution in [0.25, 0.3) is 0 Å². The fourth-order valence-electron chi connectivity index (χ4n) is 2.98. The molecule has 104 valence electrons. The molecule has 0 radical (unpaired) electrons. The van der Waals surface area contributed by atoms with Gasteiger partial charge in [0.05, 0.1) is 5.41 Å². The van der Waals surface area contributed by atoms with E-state index in [0.717, 1.165) is 24.8 Å². The average Bonchev–Trinajstić information content (AvgIpc) is 2.42. The predicted octanol–water partition coefficient (Wildman–Crippen LogP) is 3.38. The molecule has 0 saturated heterocycles. The van der Waals surface area contributed by atoms with E-state index in [9.17, 15) is 19.4 Å². The standard InChI is InChI=1S/C15H19FO3/c1-2-10-8-11(13(17)12(16)9-10)15(14(18)19)6-4-3-5-7-15/h8-9,17H,2-7H2,1H3,(H,18,19). The molecule has 2 N–H and O–H groups in total. The highest BCUT2D eigenvalue weighted by atomic mass is 19.1. The number of phenols is 1. The summed E-state index contributed by atoms with van der Waals surface area (Å²) in [6.45, 7) is 1.88. The van der Waals surface area contributed by atoms with Gasteiger partial charge in [0.2, 0.25) is 0 Å². The van der Waals surface area contributed by atoms with Gasteiger partial charge in [0.15, 0.2) is 11.6 Å². The summed E-state index contributed by atoms with van der Waals surface area (Å²) in [5.41, 5.74) is -0.165. The van der Waals surface area contributed by atoms with Gasteiger partial charge in [0.1, 0.15) is 0 Å². The van der Waals surface area contributed by atoms with Crippen LogP contribution in [-0.4, -0.2) is 16.2 Å². The molecule has 19 heavy (non-hydrogen) atoms. The molecule has 0 aliphatic heterocycles. The number of halogens is 1. The Hall–Kier alpha value is -1.58. The molecule has 0 unspecified atom stereocenters. The molecule has 0 amide bonds. The maximum absolute atomic E-state index is 13.8. The number of hydrogen-bond acceptors (Lipinski definition) is 2. The van der Waals surface area contributed by atoms with Crippen LogP contribution in [0.1, 0.15) is 50.2 Å². The maximum atomic E-state index is 13.8. The highest BCUT2D eigenvalue weighted by Crippen LogP contribution is 2.44. The first-order valence-corrected chi connectivity index (χ1v) is 6.76. The summed E-state index contributed by atoms with van der Waals surface area (Å²) in [5.74, 6) is -2.18. The molecule has 1 aliphatic carbocycles. The van der Waals surface area contributed by atoms with E-state index in [2.05, 4.69) is 0 Å². The number of carbonyl (C=O) groups is 1. The second-order valence-corrected chi connectivity index (χ2v) is 5.28. The molecule has 4 heteroatoms. The third kappa shape index (κ3) is 2.31. The van der Waals surface area contributed by atoms with E-state index in [1.165, 1.54) is 6.07 Å². The number of aryl methyl sites for hydroxylation is 1. The second-order valence-electron chi connectivity index (χ2n) is 5.28. The van der Waals surface area contributed by atoms with Crippen molar-refractivity contribution in [3.63, 3.8) is 0 Å². The molecule has 1 aromatic rings. The number of rotatable bonds is 3. The van der Waals surface area contributed by atoms with E-state index in [1.807, 2.05) is 6.92 Å². The van der Waals surface area contributed by atoms with Crippen LogP contribution in [0.3, 0.4) is 0 Å². The van der Waals surface area contributed by atoms with Crippen LogP contribution < -0.4 is 0 Å². The minimum Gasteiger partial charge on any atom is -0.505 e. The summed E-state index contributed by atoms with van der Waals surface area (Å²) in [6, 6.07) is 2.93. The highest BCUT2D eigenvalue weighted by Gasteiger charge is 2.43. The third-order valence-corrected chi connectivity index (χ3v) is 4.16. The van der Waals surface area contributed by atoms with Gasteiger partial charge in [-0.2, -0.15) is 0 Å². The molecule has 0 heterocycles. The Labute approximate surface area is 112 Å². The van der Waals surface area contributed by atoms with Crippen molar-refractivity contribution in [1.82, 2.24) is 0 Å². The Bertz CT molecular complexity index is 490. The van der Waals surface area contributed by atoms with Gasteiger partial charge in [0.25, 0.3) is 0 Å². The van der Waals surface area contributed by atoms with Crippen molar-refractivity contribution in [1.29, 1.82) is 0 Å². The van der Waals surface area contributed by atoms with Crippen molar-refractivity contribution < 1.29 is 19.4 Å². The Kier molecular flexibility index (Phi) is 3.78. The Morgan fingerprint density at radius 2 is 1.95 bits per heavy atom. The van der Waals surface area contributed by atoms with Crippen molar-refractivity contribution in [2.45, 2.75) is 50.9 Å². The average molecular weight is 266 g/mol. The zero-order valence-corrected chi connectivity index (χ0v) is 11.1. The number of carboxylic acid groups (broad SMARTS) is 1. The van der Waals surface area contributed by atoms with Crippen LogP contribution in [-0.2, 0) is 16.6 Å². The van der Waals surface area contributed by atoms with Gasteiger partial charge < -0.3 is 10.2 Å². The van der Waals surface area contributed by atoms with E-state index >= 15 is 0 Å². The van der Waals surface area contributed by atoms with E-state index in [1.54, 1.807) is 6.07 Å². The second kappa shape index (κ2) is 5.19. The van der Waals surface area contributed by atoms with E-state index in [4.69, 9.17) is 0 Å². The van der Waals surface area contributed by atoms with Gasteiger partial charge in [-0.1, -0.05) is 32.3 Å². The quantitative estimate of drug-likeness (QED) is 0.881. The number of aromatic hydroxyl groups is 1. The van der Waals surface area contributed by atoms with E-state index < -0.39 is 23.0 Å². The molecular weight excluding hydrogens is 247 g/mol. The highest BCUT2D eigenvalue weighted by molar-refractivity contribution is 5.82. The largest absolute Gasteiger partial charge is 0.505 e. The Morgan fingerprint density at radius 3 is 2.47 bits per heavy atom. The smallest absolute Gasteiger partial charge is 0.314 e. The molecular formula is C15H19FO3. The number of aliphatic carboxylic acids is 1. The molecule has 0 atom stereocenters. The lowest BCUT2D eigenvalue weighted by Gasteiger charge is -2.34. The maximum Gasteiger partial charge on any atom is 0.314 e. The molecule has 0 spiro atoms. The normalized spacial score (nSPS) is 18.2. The molecule has 1 aromatic carbocycles. The van der Waals surface area contributed by atoms with Crippen LogP contribution >= 0.6 is 0 Å². The van der Waals surface area contributed by atoms with Crippen molar-refractivity contribution >= 4 is 5.97 Å². The summed E-state index contributed by atoms with van der Waals surface area (Å²) < 4.78 is 13.8. The Morgan fingerprint density at radius 1 is 1.32 bits per heavy atom. The first kappa shape index (κ1) is 13.8. The number of hydrogen-bond donors (Lipinski definition) is 2. The fraction of sp³-hybridized carbons (Fsp3) is 0.533. The molecule has 1 saturated carbocycles. The fourth-order valence-corrected chi connectivity index (χ4v) is 2.98. The first-order chi connectivity index (χ1) is 9.01. The number of carboxylic acids is 1. The van der Waals surface area contributed by atoms with Crippen molar-refractivity contribution in [3.05, 3.63) is 29.1 Å². The van der Waals surface area contributed by atoms with Crippen LogP contribution in [0.15, 0.2) is 12.1 Å². The van der Waals surface area contributed by atoms with E-state index in [0.29, 0.717) is 19.3 Å². The number of phenolic OH excluding ortho intramolecular Hbond substituents is 1. The summed E-state index contributed by atoms with van der Waals surface area (Å²) >= 11 is 0. The van der Waals surface area contributed by atoms with Crippen LogP contribution in [0, 0.1) is 5.82 Å². The van der Waals surface area contributed by atoms with Gasteiger partial charge >= 0.3 is 5.97 Å². The zero-order chi connectivity index (χ0) is 14.0. The topological polar surface area (TPSA) is 57.5 Å². The molecule has 3 nitrogen and oxygen atoms in total. The van der Waals surface area contributed by atoms with Crippen LogP contribution in [0.2, 0.25) is 0 Å². The molecule has 1 fully saturated rings. The third-order valence-electron chi connectivity index (χ3n) is 4.16. The molecule has 2 rings (SSSR count). The molecule has 0 aromatic heterocycles. The summed E-state index contributed by atoms with van der Waals surface area (Å²) in [4.78, 5) is 11.7. The number of benzene rings is 1. The summed E-state index contributed by atoms with van der Waals surface area (Å²) in [5, 5.41) is 19.5. The molecule has 0 bridgehead atoms. The lowest BCUT2D eigenvalue weighted by molar-refractivity contribution is -0.145. The monoisotopic (exact) mass is 266 g/mol. The minimum atomic E-state index is -1.13. The summed E-state index contributed by atoms with van der Waals surface area (Å²) in [6.07, 6.45) is 4.12. The lowest BCUT2D eigenvalue weighted by Crippen LogP contribution is -2.38. The van der Waals surface area contributed by atoms with Gasteiger partial charge in [-0.3, -0.25) is 4.79 Å². The predicted molar refractivity (Wildman–Crippen MR) is 69.8 cm³/mol. The van der Waals surface area contributed by atoms with Crippen molar-refractivity contribution in [2.24, 2.45) is 0 Å².